The molecule has 2 N–H and O–H groups in total. The minimum atomic E-state index is -0.777. The molecule has 0 bridgehead atoms. The lowest BCUT2D eigenvalue weighted by atomic mass is 9.93. The molecule has 0 spiro atoms. The second-order valence-corrected chi connectivity index (χ2v) is 4.50. The van der Waals surface area contributed by atoms with Crippen LogP contribution in [-0.4, -0.2) is 24.5 Å². The molecule has 1 heterocycles. The fourth-order valence-corrected chi connectivity index (χ4v) is 2.73. The van der Waals surface area contributed by atoms with Crippen molar-refractivity contribution in [1.82, 2.24) is 4.90 Å². The van der Waals surface area contributed by atoms with Crippen LogP contribution in [-0.2, 0) is 0 Å². The van der Waals surface area contributed by atoms with Crippen molar-refractivity contribution < 1.29 is 8.78 Å². The minimum absolute atomic E-state index is 0.0827. The van der Waals surface area contributed by atoms with Gasteiger partial charge >= 0.3 is 0 Å². The fraction of sp³-hybridized carbons (Fsp3) is 0.538. The molecule has 94 valence electrons. The summed E-state index contributed by atoms with van der Waals surface area (Å²) in [5.41, 5.74) is 6.17. The monoisotopic (exact) mass is 240 g/mol. The highest BCUT2D eigenvalue weighted by Gasteiger charge is 2.35. The van der Waals surface area contributed by atoms with Crippen LogP contribution in [0, 0.1) is 17.6 Å². The number of hydrogen-bond acceptors (Lipinski definition) is 2. The largest absolute Gasteiger partial charge is 0.330 e. The van der Waals surface area contributed by atoms with E-state index < -0.39 is 11.6 Å². The Morgan fingerprint density at radius 3 is 2.82 bits per heavy atom. The normalized spacial score (nSPS) is 25.4. The molecule has 2 unspecified atom stereocenters. The Balaban J connectivity index is 2.38. The van der Waals surface area contributed by atoms with E-state index in [4.69, 9.17) is 5.73 Å². The molecule has 1 aromatic rings. The molecule has 0 aliphatic carbocycles. The molecule has 2 nitrogen and oxygen atoms in total. The molecule has 4 heteroatoms. The van der Waals surface area contributed by atoms with Gasteiger partial charge < -0.3 is 5.73 Å². The third-order valence-corrected chi connectivity index (χ3v) is 3.64. The average Bonchev–Trinajstić information content (AvgIpc) is 2.75. The summed E-state index contributed by atoms with van der Waals surface area (Å²) in [7, 11) is 0. The van der Waals surface area contributed by atoms with E-state index in [-0.39, 0.29) is 12.0 Å². The van der Waals surface area contributed by atoms with E-state index in [0.717, 1.165) is 25.6 Å². The molecule has 0 aromatic heterocycles. The highest BCUT2D eigenvalue weighted by molar-refractivity contribution is 5.24. The van der Waals surface area contributed by atoms with Gasteiger partial charge in [0, 0.05) is 11.6 Å². The smallest absolute Gasteiger partial charge is 0.163 e. The van der Waals surface area contributed by atoms with E-state index in [2.05, 4.69) is 4.90 Å². The second kappa shape index (κ2) is 5.10. The molecule has 1 aliphatic heterocycles. The standard InChI is InChI=1S/C13H18F2N2/c1-2-17-7-6-9(8-16)13(17)10-4-3-5-11(14)12(10)15/h3-5,9,13H,2,6-8,16H2,1H3. The van der Waals surface area contributed by atoms with E-state index in [1.165, 1.54) is 0 Å². The molecule has 0 amide bonds. The van der Waals surface area contributed by atoms with Crippen LogP contribution in [0.4, 0.5) is 8.78 Å². The van der Waals surface area contributed by atoms with Crippen LogP contribution in [0.15, 0.2) is 18.2 Å². The SMILES string of the molecule is CCN1CCC(CN)C1c1cccc(F)c1F. The van der Waals surface area contributed by atoms with Gasteiger partial charge in [-0.1, -0.05) is 19.1 Å². The second-order valence-electron chi connectivity index (χ2n) is 4.50. The summed E-state index contributed by atoms with van der Waals surface area (Å²) in [6.07, 6.45) is 0.949. The highest BCUT2D eigenvalue weighted by Crippen LogP contribution is 2.37. The molecule has 2 rings (SSSR count). The van der Waals surface area contributed by atoms with Crippen molar-refractivity contribution in [2.45, 2.75) is 19.4 Å². The lowest BCUT2D eigenvalue weighted by Crippen LogP contribution is -2.29. The molecular formula is C13H18F2N2. The average molecular weight is 240 g/mol. The number of hydrogen-bond donors (Lipinski definition) is 1. The predicted octanol–water partition coefficient (Wildman–Crippen LogP) is 2.31. The summed E-state index contributed by atoms with van der Waals surface area (Å²) in [4.78, 5) is 2.16. The van der Waals surface area contributed by atoms with Crippen LogP contribution in [0.1, 0.15) is 24.9 Å². The lowest BCUT2D eigenvalue weighted by Gasteiger charge is -2.27. The third kappa shape index (κ3) is 2.19. The Morgan fingerprint density at radius 1 is 1.41 bits per heavy atom. The maximum absolute atomic E-state index is 13.8. The van der Waals surface area contributed by atoms with Crippen molar-refractivity contribution >= 4 is 0 Å². The van der Waals surface area contributed by atoms with Crippen LogP contribution < -0.4 is 5.73 Å². The fourth-order valence-electron chi connectivity index (χ4n) is 2.73. The van der Waals surface area contributed by atoms with Gasteiger partial charge in [-0.3, -0.25) is 4.90 Å². The van der Waals surface area contributed by atoms with E-state index in [1.807, 2.05) is 6.92 Å². The van der Waals surface area contributed by atoms with Gasteiger partial charge in [-0.15, -0.1) is 0 Å². The topological polar surface area (TPSA) is 29.3 Å². The van der Waals surface area contributed by atoms with Gasteiger partial charge in [0.25, 0.3) is 0 Å². The zero-order chi connectivity index (χ0) is 12.4. The van der Waals surface area contributed by atoms with E-state index >= 15 is 0 Å². The molecule has 1 saturated heterocycles. The first kappa shape index (κ1) is 12.5. The van der Waals surface area contributed by atoms with Gasteiger partial charge in [0.05, 0.1) is 0 Å². The van der Waals surface area contributed by atoms with Crippen LogP contribution >= 0.6 is 0 Å². The van der Waals surface area contributed by atoms with E-state index in [9.17, 15) is 8.78 Å². The van der Waals surface area contributed by atoms with Gasteiger partial charge in [-0.05, 0) is 38.0 Å². The van der Waals surface area contributed by atoms with Crippen molar-refractivity contribution in [3.05, 3.63) is 35.4 Å². The van der Waals surface area contributed by atoms with E-state index in [0.29, 0.717) is 12.1 Å². The Kier molecular flexibility index (Phi) is 3.74. The van der Waals surface area contributed by atoms with Crippen LogP contribution in [0.25, 0.3) is 0 Å². The van der Waals surface area contributed by atoms with Crippen LogP contribution in [0.3, 0.4) is 0 Å². The molecule has 1 aromatic carbocycles. The van der Waals surface area contributed by atoms with E-state index in [1.54, 1.807) is 12.1 Å². The first-order chi connectivity index (χ1) is 8.19. The Morgan fingerprint density at radius 2 is 2.18 bits per heavy atom. The molecule has 2 atom stereocenters. The zero-order valence-corrected chi connectivity index (χ0v) is 10.00. The molecule has 17 heavy (non-hydrogen) atoms. The van der Waals surface area contributed by atoms with Gasteiger partial charge in [0.15, 0.2) is 11.6 Å². The molecule has 0 radical (unpaired) electrons. The highest BCUT2D eigenvalue weighted by atomic mass is 19.2. The number of nitrogens with two attached hydrogens (primary N) is 1. The lowest BCUT2D eigenvalue weighted by molar-refractivity contribution is 0.234. The quantitative estimate of drug-likeness (QED) is 0.878. The van der Waals surface area contributed by atoms with Gasteiger partial charge in [0.1, 0.15) is 0 Å². The molecule has 1 aliphatic rings. The number of likely N-dealkylation sites (tertiary alicyclic amines) is 1. The number of halogens is 2. The summed E-state index contributed by atoms with van der Waals surface area (Å²) in [5.74, 6) is -1.29. The molecule has 1 fully saturated rings. The van der Waals surface area contributed by atoms with Crippen molar-refractivity contribution in [2.24, 2.45) is 11.7 Å². The zero-order valence-electron chi connectivity index (χ0n) is 10.00. The minimum Gasteiger partial charge on any atom is -0.330 e. The van der Waals surface area contributed by atoms with Gasteiger partial charge in [-0.2, -0.15) is 0 Å². The molecule has 0 saturated carbocycles. The van der Waals surface area contributed by atoms with Crippen molar-refractivity contribution in [3.63, 3.8) is 0 Å². The van der Waals surface area contributed by atoms with Crippen molar-refractivity contribution in [1.29, 1.82) is 0 Å². The summed E-state index contributed by atoms with van der Waals surface area (Å²) in [6, 6.07) is 4.30. The van der Waals surface area contributed by atoms with Gasteiger partial charge in [0.2, 0.25) is 0 Å². The number of benzene rings is 1. The summed E-state index contributed by atoms with van der Waals surface area (Å²) >= 11 is 0. The van der Waals surface area contributed by atoms with Crippen molar-refractivity contribution in [3.8, 4) is 0 Å². The number of nitrogens with zero attached hydrogens (tertiary/aromatic N) is 1. The van der Waals surface area contributed by atoms with Crippen molar-refractivity contribution in [2.75, 3.05) is 19.6 Å². The van der Waals surface area contributed by atoms with Gasteiger partial charge in [-0.25, -0.2) is 8.78 Å². The Labute approximate surface area is 100 Å². The maximum Gasteiger partial charge on any atom is 0.163 e. The first-order valence-electron chi connectivity index (χ1n) is 6.07. The summed E-state index contributed by atoms with van der Waals surface area (Å²) in [5, 5.41) is 0. The predicted molar refractivity (Wildman–Crippen MR) is 63.5 cm³/mol. The molecular weight excluding hydrogens is 222 g/mol. The first-order valence-corrected chi connectivity index (χ1v) is 6.07. The number of rotatable bonds is 3. The Bertz CT molecular complexity index is 383. The Hall–Kier alpha value is -1.00. The van der Waals surface area contributed by atoms with Crippen LogP contribution in [0.2, 0.25) is 0 Å². The van der Waals surface area contributed by atoms with Crippen LogP contribution in [0.5, 0.6) is 0 Å². The third-order valence-electron chi connectivity index (χ3n) is 3.64. The summed E-state index contributed by atoms with van der Waals surface area (Å²) < 4.78 is 27.1. The summed E-state index contributed by atoms with van der Waals surface area (Å²) in [6.45, 7) is 4.27. The maximum atomic E-state index is 13.8.